The molecule has 12 heavy (non-hydrogen) atoms. The second-order valence-corrected chi connectivity index (χ2v) is 4.70. The largest absolute Gasteiger partial charge is 0.375 e. The summed E-state index contributed by atoms with van der Waals surface area (Å²) in [5.41, 5.74) is 0.338. The summed E-state index contributed by atoms with van der Waals surface area (Å²) in [5.74, 6) is 0.803. The molecule has 1 heteroatoms. The van der Waals surface area contributed by atoms with E-state index in [1.807, 2.05) is 0 Å². The van der Waals surface area contributed by atoms with Gasteiger partial charge in [0.2, 0.25) is 0 Å². The van der Waals surface area contributed by atoms with Crippen LogP contribution in [0.5, 0.6) is 0 Å². The summed E-state index contributed by atoms with van der Waals surface area (Å²) >= 11 is 0. The predicted octanol–water partition coefficient (Wildman–Crippen LogP) is 3.14. The molecular formula is C11H20O. The van der Waals surface area contributed by atoms with Gasteiger partial charge in [-0.25, -0.2) is 0 Å². The molecule has 0 N–H and O–H groups in total. The van der Waals surface area contributed by atoms with Crippen LogP contribution in [0.15, 0.2) is 0 Å². The van der Waals surface area contributed by atoms with Gasteiger partial charge in [-0.05, 0) is 31.6 Å². The van der Waals surface area contributed by atoms with Crippen LogP contribution >= 0.6 is 0 Å². The van der Waals surface area contributed by atoms with E-state index in [-0.39, 0.29) is 0 Å². The summed E-state index contributed by atoms with van der Waals surface area (Å²) in [6, 6.07) is 0. The highest BCUT2D eigenvalue weighted by molar-refractivity contribution is 4.87. The van der Waals surface area contributed by atoms with Crippen molar-refractivity contribution in [2.24, 2.45) is 5.92 Å². The Balaban J connectivity index is 1.92. The van der Waals surface area contributed by atoms with Crippen molar-refractivity contribution < 1.29 is 4.74 Å². The van der Waals surface area contributed by atoms with Crippen LogP contribution < -0.4 is 0 Å². The zero-order chi connectivity index (χ0) is 8.44. The summed E-state index contributed by atoms with van der Waals surface area (Å²) in [5, 5.41) is 0. The van der Waals surface area contributed by atoms with Gasteiger partial charge in [-0.3, -0.25) is 0 Å². The van der Waals surface area contributed by atoms with E-state index < -0.39 is 0 Å². The normalized spacial score (nSPS) is 35.2. The van der Waals surface area contributed by atoms with Gasteiger partial charge in [0.15, 0.2) is 0 Å². The number of rotatable bonds is 0. The molecule has 1 aliphatic carbocycles. The first-order chi connectivity index (χ1) is 5.81. The van der Waals surface area contributed by atoms with Gasteiger partial charge in [-0.2, -0.15) is 0 Å². The third kappa shape index (κ3) is 1.66. The predicted molar refractivity (Wildman–Crippen MR) is 50.2 cm³/mol. The van der Waals surface area contributed by atoms with Crippen LogP contribution in [0.1, 0.15) is 51.9 Å². The molecule has 2 rings (SSSR count). The molecular weight excluding hydrogens is 148 g/mol. The second-order valence-electron chi connectivity index (χ2n) is 4.70. The highest BCUT2D eigenvalue weighted by Gasteiger charge is 2.35. The molecule has 2 fully saturated rings. The average Bonchev–Trinajstić information content (AvgIpc) is 2.13. The second kappa shape index (κ2) is 3.37. The smallest absolute Gasteiger partial charge is 0.0682 e. The van der Waals surface area contributed by atoms with Crippen molar-refractivity contribution >= 4 is 0 Å². The molecule has 0 aromatic rings. The number of ether oxygens (including phenoxy) is 1. The van der Waals surface area contributed by atoms with Crippen LogP contribution in [-0.2, 0) is 4.74 Å². The first kappa shape index (κ1) is 8.55. The molecule has 1 saturated carbocycles. The lowest BCUT2D eigenvalue weighted by Crippen LogP contribution is -2.40. The van der Waals surface area contributed by atoms with Gasteiger partial charge in [-0.1, -0.05) is 26.2 Å². The summed E-state index contributed by atoms with van der Waals surface area (Å²) in [7, 11) is 0. The van der Waals surface area contributed by atoms with Crippen LogP contribution in [0.25, 0.3) is 0 Å². The minimum absolute atomic E-state index is 0.338. The number of hydrogen-bond donors (Lipinski definition) is 0. The van der Waals surface area contributed by atoms with E-state index in [9.17, 15) is 0 Å². The van der Waals surface area contributed by atoms with Crippen molar-refractivity contribution in [3.8, 4) is 0 Å². The van der Waals surface area contributed by atoms with Crippen LogP contribution in [0, 0.1) is 5.92 Å². The third-order valence-electron chi connectivity index (χ3n) is 3.53. The lowest BCUT2D eigenvalue weighted by Gasteiger charge is -2.42. The molecule has 70 valence electrons. The standard InChI is InChI=1S/C11H20O/c1-10-5-8-11(12-9-10)6-3-2-4-7-11/h10H,2-9H2,1H3/t10-/m1/s1. The van der Waals surface area contributed by atoms with Crippen LogP contribution in [0.4, 0.5) is 0 Å². The molecule has 1 heterocycles. The van der Waals surface area contributed by atoms with Crippen LogP contribution in [0.2, 0.25) is 0 Å². The van der Waals surface area contributed by atoms with Gasteiger partial charge in [0.25, 0.3) is 0 Å². The van der Waals surface area contributed by atoms with E-state index in [0.717, 1.165) is 12.5 Å². The minimum Gasteiger partial charge on any atom is -0.375 e. The Morgan fingerprint density at radius 3 is 2.42 bits per heavy atom. The molecule has 0 aromatic heterocycles. The van der Waals surface area contributed by atoms with Crippen molar-refractivity contribution in [2.45, 2.75) is 57.5 Å². The Bertz CT molecular complexity index is 137. The maximum Gasteiger partial charge on any atom is 0.0682 e. The summed E-state index contributed by atoms with van der Waals surface area (Å²) in [4.78, 5) is 0. The lowest BCUT2D eigenvalue weighted by atomic mass is 9.78. The van der Waals surface area contributed by atoms with Crippen molar-refractivity contribution in [3.05, 3.63) is 0 Å². The fraction of sp³-hybridized carbons (Fsp3) is 1.00. The molecule has 2 aliphatic rings. The zero-order valence-electron chi connectivity index (χ0n) is 8.14. The van der Waals surface area contributed by atoms with Crippen molar-refractivity contribution in [2.75, 3.05) is 6.61 Å². The molecule has 1 saturated heterocycles. The van der Waals surface area contributed by atoms with Crippen molar-refractivity contribution in [1.29, 1.82) is 0 Å². The zero-order valence-corrected chi connectivity index (χ0v) is 8.14. The summed E-state index contributed by atoms with van der Waals surface area (Å²) < 4.78 is 6.02. The monoisotopic (exact) mass is 168 g/mol. The van der Waals surface area contributed by atoms with Gasteiger partial charge < -0.3 is 4.74 Å². The van der Waals surface area contributed by atoms with Gasteiger partial charge in [0.1, 0.15) is 0 Å². The van der Waals surface area contributed by atoms with Gasteiger partial charge in [0.05, 0.1) is 5.60 Å². The van der Waals surface area contributed by atoms with E-state index >= 15 is 0 Å². The van der Waals surface area contributed by atoms with Gasteiger partial charge in [-0.15, -0.1) is 0 Å². The van der Waals surface area contributed by atoms with E-state index in [4.69, 9.17) is 4.74 Å². The van der Waals surface area contributed by atoms with Gasteiger partial charge in [0, 0.05) is 6.61 Å². The maximum absolute atomic E-state index is 6.02. The van der Waals surface area contributed by atoms with E-state index in [1.54, 1.807) is 0 Å². The molecule has 0 unspecified atom stereocenters. The fourth-order valence-corrected chi connectivity index (χ4v) is 2.57. The van der Waals surface area contributed by atoms with Crippen molar-refractivity contribution in [1.82, 2.24) is 0 Å². The quantitative estimate of drug-likeness (QED) is 0.540. The summed E-state index contributed by atoms with van der Waals surface area (Å²) in [6.45, 7) is 3.32. The Hall–Kier alpha value is -0.0400. The molecule has 0 aromatic carbocycles. The minimum atomic E-state index is 0.338. The molecule has 1 spiro atoms. The Labute approximate surface area is 75.5 Å². The van der Waals surface area contributed by atoms with E-state index in [0.29, 0.717) is 5.60 Å². The topological polar surface area (TPSA) is 9.23 Å². The average molecular weight is 168 g/mol. The molecule has 1 nitrogen and oxygen atoms in total. The SMILES string of the molecule is C[C@@H]1CCC2(CCCCC2)OC1. The third-order valence-corrected chi connectivity index (χ3v) is 3.53. The number of hydrogen-bond acceptors (Lipinski definition) is 1. The first-order valence-electron chi connectivity index (χ1n) is 5.45. The lowest BCUT2D eigenvalue weighted by molar-refractivity contribution is -0.116. The fourth-order valence-electron chi connectivity index (χ4n) is 2.57. The van der Waals surface area contributed by atoms with Crippen molar-refractivity contribution in [3.63, 3.8) is 0 Å². The first-order valence-corrected chi connectivity index (χ1v) is 5.45. The van der Waals surface area contributed by atoms with Gasteiger partial charge >= 0.3 is 0 Å². The molecule has 0 radical (unpaired) electrons. The molecule has 1 aliphatic heterocycles. The highest BCUT2D eigenvalue weighted by atomic mass is 16.5. The van der Waals surface area contributed by atoms with E-state index in [2.05, 4.69) is 6.92 Å². The Morgan fingerprint density at radius 1 is 1.08 bits per heavy atom. The molecule has 1 atom stereocenters. The Kier molecular flexibility index (Phi) is 2.40. The molecule has 0 amide bonds. The summed E-state index contributed by atoms with van der Waals surface area (Å²) in [6.07, 6.45) is 9.61. The maximum atomic E-state index is 6.02. The van der Waals surface area contributed by atoms with Crippen LogP contribution in [0.3, 0.4) is 0 Å². The molecule has 0 bridgehead atoms. The highest BCUT2D eigenvalue weighted by Crippen LogP contribution is 2.39. The Morgan fingerprint density at radius 2 is 1.83 bits per heavy atom. The van der Waals surface area contributed by atoms with E-state index in [1.165, 1.54) is 44.9 Å². The van der Waals surface area contributed by atoms with Crippen LogP contribution in [-0.4, -0.2) is 12.2 Å².